The molecule has 0 bridgehead atoms. The second-order valence-corrected chi connectivity index (χ2v) is 6.97. The molecule has 0 aromatic heterocycles. The van der Waals surface area contributed by atoms with E-state index >= 15 is 0 Å². The van der Waals surface area contributed by atoms with E-state index in [9.17, 15) is 14.4 Å². The van der Waals surface area contributed by atoms with E-state index in [2.05, 4.69) is 5.32 Å². The molecule has 1 aromatic carbocycles. The van der Waals surface area contributed by atoms with Gasteiger partial charge in [0.05, 0.1) is 25.3 Å². The van der Waals surface area contributed by atoms with Crippen molar-refractivity contribution < 1.29 is 23.9 Å². The smallest absolute Gasteiger partial charge is 0.239 e. The second-order valence-electron chi connectivity index (χ2n) is 6.97. The molecule has 1 aromatic rings. The van der Waals surface area contributed by atoms with E-state index in [0.717, 1.165) is 5.56 Å². The first-order chi connectivity index (χ1) is 13.4. The van der Waals surface area contributed by atoms with Crippen molar-refractivity contribution in [3.05, 3.63) is 23.8 Å². The molecule has 0 aliphatic carbocycles. The number of aryl methyl sites for hydroxylation is 1. The summed E-state index contributed by atoms with van der Waals surface area (Å²) in [6.07, 6.45) is 0.833. The normalized spacial score (nSPS) is 16.2. The Morgan fingerprint density at radius 2 is 2.07 bits per heavy atom. The first kappa shape index (κ1) is 21.7. The Morgan fingerprint density at radius 3 is 2.75 bits per heavy atom. The van der Waals surface area contributed by atoms with Gasteiger partial charge < -0.3 is 24.6 Å². The molecule has 1 atom stereocenters. The maximum Gasteiger partial charge on any atom is 0.239 e. The lowest BCUT2D eigenvalue weighted by Gasteiger charge is -2.22. The van der Waals surface area contributed by atoms with E-state index < -0.39 is 5.92 Å². The summed E-state index contributed by atoms with van der Waals surface area (Å²) in [7, 11) is 4.74. The molecule has 0 spiro atoms. The van der Waals surface area contributed by atoms with Crippen LogP contribution in [-0.4, -0.2) is 70.1 Å². The SMILES string of the molecule is COCCCNC(=O)CN(C)C(=O)C1CC(=O)N(c2cc(C)ccc2OC)C1. The lowest BCUT2D eigenvalue weighted by atomic mass is 10.1. The number of methoxy groups -OCH3 is 2. The third kappa shape index (κ3) is 5.45. The summed E-state index contributed by atoms with van der Waals surface area (Å²) in [5, 5.41) is 2.75. The molecule has 2 rings (SSSR count). The highest BCUT2D eigenvalue weighted by atomic mass is 16.5. The zero-order chi connectivity index (χ0) is 20.7. The minimum Gasteiger partial charge on any atom is -0.495 e. The van der Waals surface area contributed by atoms with E-state index in [0.29, 0.717) is 31.0 Å². The summed E-state index contributed by atoms with van der Waals surface area (Å²) in [6.45, 7) is 3.24. The van der Waals surface area contributed by atoms with Gasteiger partial charge in [-0.1, -0.05) is 6.07 Å². The van der Waals surface area contributed by atoms with Crippen LogP contribution in [0.3, 0.4) is 0 Å². The molecule has 28 heavy (non-hydrogen) atoms. The molecule has 0 saturated carbocycles. The molecular weight excluding hydrogens is 362 g/mol. The van der Waals surface area contributed by atoms with Gasteiger partial charge in [0.15, 0.2) is 0 Å². The minimum atomic E-state index is -0.482. The van der Waals surface area contributed by atoms with Gasteiger partial charge in [0.25, 0.3) is 0 Å². The molecule has 1 aliphatic heterocycles. The molecule has 1 fully saturated rings. The first-order valence-electron chi connectivity index (χ1n) is 9.33. The van der Waals surface area contributed by atoms with E-state index in [1.165, 1.54) is 4.90 Å². The first-order valence-corrected chi connectivity index (χ1v) is 9.33. The van der Waals surface area contributed by atoms with Gasteiger partial charge in [-0.25, -0.2) is 0 Å². The molecule has 0 radical (unpaired) electrons. The number of carbonyl (C=O) groups excluding carboxylic acids is 3. The van der Waals surface area contributed by atoms with E-state index in [1.807, 2.05) is 25.1 Å². The molecule has 1 unspecified atom stereocenters. The van der Waals surface area contributed by atoms with Gasteiger partial charge in [-0.15, -0.1) is 0 Å². The average molecular weight is 391 g/mol. The van der Waals surface area contributed by atoms with Crippen molar-refractivity contribution in [2.75, 3.05) is 52.4 Å². The standard InChI is InChI=1S/C20H29N3O5/c1-14-6-7-17(28-4)16(10-14)23-12-15(11-19(23)25)20(26)22(2)13-18(24)21-8-5-9-27-3/h6-7,10,15H,5,8-9,11-13H2,1-4H3,(H,21,24). The van der Waals surface area contributed by atoms with Crippen LogP contribution in [0.1, 0.15) is 18.4 Å². The second kappa shape index (κ2) is 10.1. The van der Waals surface area contributed by atoms with E-state index in [-0.39, 0.29) is 37.2 Å². The third-order valence-corrected chi connectivity index (χ3v) is 4.70. The molecule has 1 aliphatic rings. The monoisotopic (exact) mass is 391 g/mol. The van der Waals surface area contributed by atoms with Crippen LogP contribution in [0, 0.1) is 12.8 Å². The number of likely N-dealkylation sites (N-methyl/N-ethyl adjacent to an activating group) is 1. The van der Waals surface area contributed by atoms with Crippen LogP contribution < -0.4 is 15.0 Å². The van der Waals surface area contributed by atoms with Gasteiger partial charge in [0.1, 0.15) is 5.75 Å². The topological polar surface area (TPSA) is 88.2 Å². The van der Waals surface area contributed by atoms with Crippen molar-refractivity contribution >= 4 is 23.4 Å². The van der Waals surface area contributed by atoms with Gasteiger partial charge in [-0.3, -0.25) is 14.4 Å². The molecule has 1 saturated heterocycles. The highest BCUT2D eigenvalue weighted by Crippen LogP contribution is 2.34. The van der Waals surface area contributed by atoms with Crippen LogP contribution in [0.2, 0.25) is 0 Å². The summed E-state index contributed by atoms with van der Waals surface area (Å²) < 4.78 is 10.3. The number of carbonyl (C=O) groups is 3. The number of hydrogen-bond acceptors (Lipinski definition) is 5. The van der Waals surface area contributed by atoms with E-state index in [4.69, 9.17) is 9.47 Å². The molecule has 154 valence electrons. The fourth-order valence-corrected chi connectivity index (χ4v) is 3.22. The summed E-state index contributed by atoms with van der Waals surface area (Å²) in [6, 6.07) is 5.60. The van der Waals surface area contributed by atoms with Gasteiger partial charge in [-0.2, -0.15) is 0 Å². The van der Waals surface area contributed by atoms with Crippen molar-refractivity contribution in [3.8, 4) is 5.75 Å². The van der Waals surface area contributed by atoms with Crippen molar-refractivity contribution in [1.29, 1.82) is 0 Å². The quantitative estimate of drug-likeness (QED) is 0.634. The van der Waals surface area contributed by atoms with Crippen LogP contribution >= 0.6 is 0 Å². The van der Waals surface area contributed by atoms with Gasteiger partial charge in [0.2, 0.25) is 17.7 Å². The summed E-state index contributed by atoms with van der Waals surface area (Å²) in [5.74, 6) is -0.456. The number of hydrogen-bond donors (Lipinski definition) is 1. The number of benzene rings is 1. The van der Waals surface area contributed by atoms with Crippen molar-refractivity contribution in [2.45, 2.75) is 19.8 Å². The third-order valence-electron chi connectivity index (χ3n) is 4.70. The number of rotatable bonds is 9. The molecular formula is C20H29N3O5. The summed E-state index contributed by atoms with van der Waals surface area (Å²) in [5.41, 5.74) is 1.67. The Morgan fingerprint density at radius 1 is 1.32 bits per heavy atom. The average Bonchev–Trinajstić information content (AvgIpc) is 3.06. The van der Waals surface area contributed by atoms with Crippen LogP contribution in [-0.2, 0) is 19.1 Å². The van der Waals surface area contributed by atoms with Gasteiger partial charge >= 0.3 is 0 Å². The Balaban J connectivity index is 1.96. The molecule has 8 heteroatoms. The van der Waals surface area contributed by atoms with E-state index in [1.54, 1.807) is 26.2 Å². The number of nitrogens with one attached hydrogen (secondary N) is 1. The Kier molecular flexibility index (Phi) is 7.80. The van der Waals surface area contributed by atoms with Crippen LogP contribution in [0.25, 0.3) is 0 Å². The van der Waals surface area contributed by atoms with Crippen molar-refractivity contribution in [2.24, 2.45) is 5.92 Å². The summed E-state index contributed by atoms with van der Waals surface area (Å²) in [4.78, 5) is 40.2. The fourth-order valence-electron chi connectivity index (χ4n) is 3.22. The van der Waals surface area contributed by atoms with Crippen molar-refractivity contribution in [1.82, 2.24) is 10.2 Å². The van der Waals surface area contributed by atoms with Crippen molar-refractivity contribution in [3.63, 3.8) is 0 Å². The lowest BCUT2D eigenvalue weighted by Crippen LogP contribution is -2.42. The zero-order valence-electron chi connectivity index (χ0n) is 17.0. The van der Waals surface area contributed by atoms with Gasteiger partial charge in [-0.05, 0) is 31.0 Å². The maximum absolute atomic E-state index is 12.7. The highest BCUT2D eigenvalue weighted by molar-refractivity contribution is 6.01. The largest absolute Gasteiger partial charge is 0.495 e. The number of nitrogens with zero attached hydrogens (tertiary/aromatic N) is 2. The number of amides is 3. The molecule has 1 N–H and O–H groups in total. The molecule has 8 nitrogen and oxygen atoms in total. The minimum absolute atomic E-state index is 0.0374. The van der Waals surface area contributed by atoms with Crippen LogP contribution in [0.5, 0.6) is 5.75 Å². The van der Waals surface area contributed by atoms with Crippen LogP contribution in [0.15, 0.2) is 18.2 Å². The number of anilines is 1. The van der Waals surface area contributed by atoms with Crippen LogP contribution in [0.4, 0.5) is 5.69 Å². The molecule has 3 amide bonds. The fraction of sp³-hybridized carbons (Fsp3) is 0.550. The summed E-state index contributed by atoms with van der Waals surface area (Å²) >= 11 is 0. The predicted octanol–water partition coefficient (Wildman–Crippen LogP) is 0.968. The predicted molar refractivity (Wildman–Crippen MR) is 105 cm³/mol. The Bertz CT molecular complexity index is 722. The lowest BCUT2D eigenvalue weighted by molar-refractivity contribution is -0.138. The van der Waals surface area contributed by atoms with Gasteiger partial charge in [0, 0.05) is 40.3 Å². The highest BCUT2D eigenvalue weighted by Gasteiger charge is 2.37. The Hall–Kier alpha value is -2.61. The number of ether oxygens (including phenoxy) is 2. The Labute approximate surface area is 165 Å². The molecule has 1 heterocycles. The zero-order valence-corrected chi connectivity index (χ0v) is 17.0. The maximum atomic E-state index is 12.7.